The molecule has 0 fully saturated rings. The first kappa shape index (κ1) is 9.91. The minimum Gasteiger partial charge on any atom is -0.259 e. The fourth-order valence-electron chi connectivity index (χ4n) is 2.23. The largest absolute Gasteiger partial charge is 0.259 e. The first-order valence-electron chi connectivity index (χ1n) is 4.95. The highest BCUT2D eigenvalue weighted by Crippen LogP contribution is 2.32. The molecule has 0 radical (unpaired) electrons. The lowest BCUT2D eigenvalue weighted by Gasteiger charge is -2.14. The number of fused-ring (bicyclic) bond motifs is 1. The highest BCUT2D eigenvalue weighted by atomic mass is 32.2. The van der Waals surface area contributed by atoms with Crippen LogP contribution in [0.25, 0.3) is 0 Å². The van der Waals surface area contributed by atoms with Gasteiger partial charge < -0.3 is 0 Å². The molecule has 1 aliphatic heterocycles. The van der Waals surface area contributed by atoms with Crippen LogP contribution in [0.15, 0.2) is 0 Å². The average molecular weight is 208 g/mol. The van der Waals surface area contributed by atoms with Crippen molar-refractivity contribution in [2.45, 2.75) is 39.2 Å². The van der Waals surface area contributed by atoms with Gasteiger partial charge in [0, 0.05) is 22.3 Å². The van der Waals surface area contributed by atoms with Crippen molar-refractivity contribution in [1.29, 1.82) is 0 Å². The molecule has 0 amide bonds. The van der Waals surface area contributed by atoms with Crippen LogP contribution in [0.2, 0.25) is 0 Å². The molecule has 1 aromatic carbocycles. The summed E-state index contributed by atoms with van der Waals surface area (Å²) in [5.41, 5.74) is 8.16. The quantitative estimate of drug-likeness (QED) is 0.640. The van der Waals surface area contributed by atoms with Gasteiger partial charge in [-0.15, -0.1) is 0 Å². The normalized spacial score (nSPS) is 16.0. The van der Waals surface area contributed by atoms with E-state index >= 15 is 0 Å². The summed E-state index contributed by atoms with van der Waals surface area (Å²) in [4.78, 5) is 0. The standard InChI is InChI=1S/C12H16OS/c1-7-8(2)10(4)12-6-14(13)5-11(12)9(7)3/h5-6H2,1-4H3. The lowest BCUT2D eigenvalue weighted by atomic mass is 9.90. The van der Waals surface area contributed by atoms with Crippen LogP contribution in [0.4, 0.5) is 0 Å². The highest BCUT2D eigenvalue weighted by Gasteiger charge is 2.23. The van der Waals surface area contributed by atoms with E-state index in [9.17, 15) is 4.21 Å². The maximum Gasteiger partial charge on any atom is 0.0494 e. The number of hydrogen-bond acceptors (Lipinski definition) is 1. The second kappa shape index (κ2) is 3.20. The molecule has 0 aliphatic carbocycles. The van der Waals surface area contributed by atoms with Crippen molar-refractivity contribution in [2.24, 2.45) is 0 Å². The summed E-state index contributed by atoms with van der Waals surface area (Å²) in [5.74, 6) is 1.53. The molecule has 0 bridgehead atoms. The Morgan fingerprint density at radius 2 is 1.14 bits per heavy atom. The molecule has 76 valence electrons. The smallest absolute Gasteiger partial charge is 0.0494 e. The SMILES string of the molecule is Cc1c(C)c(C)c2c(c1C)CS(=O)C2. The van der Waals surface area contributed by atoms with E-state index in [1.54, 1.807) is 0 Å². The van der Waals surface area contributed by atoms with Crippen LogP contribution in [-0.2, 0) is 22.3 Å². The third-order valence-electron chi connectivity index (χ3n) is 3.57. The van der Waals surface area contributed by atoms with E-state index in [-0.39, 0.29) is 0 Å². The van der Waals surface area contributed by atoms with Gasteiger partial charge in [-0.1, -0.05) is 0 Å². The second-order valence-electron chi connectivity index (χ2n) is 4.19. The van der Waals surface area contributed by atoms with Crippen molar-refractivity contribution in [3.05, 3.63) is 33.4 Å². The molecule has 1 heterocycles. The van der Waals surface area contributed by atoms with Crippen molar-refractivity contribution in [3.63, 3.8) is 0 Å². The molecule has 0 saturated carbocycles. The fourth-order valence-corrected chi connectivity index (χ4v) is 3.76. The predicted molar refractivity (Wildman–Crippen MR) is 60.9 cm³/mol. The molecule has 0 atom stereocenters. The van der Waals surface area contributed by atoms with Crippen LogP contribution in [0.1, 0.15) is 33.4 Å². The lowest BCUT2D eigenvalue weighted by molar-refractivity contribution is 0.684. The molecule has 1 nitrogen and oxygen atoms in total. The third-order valence-corrected chi connectivity index (χ3v) is 4.79. The highest BCUT2D eigenvalue weighted by molar-refractivity contribution is 7.83. The topological polar surface area (TPSA) is 17.1 Å². The summed E-state index contributed by atoms with van der Waals surface area (Å²) < 4.78 is 11.5. The zero-order valence-corrected chi connectivity index (χ0v) is 10.0. The molecule has 14 heavy (non-hydrogen) atoms. The van der Waals surface area contributed by atoms with Crippen molar-refractivity contribution in [2.75, 3.05) is 0 Å². The van der Waals surface area contributed by atoms with Crippen LogP contribution in [0.5, 0.6) is 0 Å². The molecular weight excluding hydrogens is 192 g/mol. The van der Waals surface area contributed by atoms with Gasteiger partial charge in [-0.25, -0.2) is 0 Å². The number of rotatable bonds is 0. The van der Waals surface area contributed by atoms with E-state index in [2.05, 4.69) is 27.7 Å². The molecule has 0 unspecified atom stereocenters. The Morgan fingerprint density at radius 3 is 1.50 bits per heavy atom. The zero-order chi connectivity index (χ0) is 10.5. The van der Waals surface area contributed by atoms with Crippen LogP contribution >= 0.6 is 0 Å². The van der Waals surface area contributed by atoms with Crippen LogP contribution in [-0.4, -0.2) is 4.21 Å². The Kier molecular flexibility index (Phi) is 2.26. The Hall–Kier alpha value is -0.630. The van der Waals surface area contributed by atoms with Gasteiger partial charge in [0.25, 0.3) is 0 Å². The molecule has 0 N–H and O–H groups in total. The maximum absolute atomic E-state index is 11.5. The lowest BCUT2D eigenvalue weighted by Crippen LogP contribution is -1.99. The molecule has 2 rings (SSSR count). The van der Waals surface area contributed by atoms with Gasteiger partial charge in [0.1, 0.15) is 0 Å². The van der Waals surface area contributed by atoms with Gasteiger partial charge in [-0.2, -0.15) is 0 Å². The van der Waals surface area contributed by atoms with Gasteiger partial charge in [0.05, 0.1) is 0 Å². The Bertz CT molecular complexity index is 394. The summed E-state index contributed by atoms with van der Waals surface area (Å²) in [6.45, 7) is 8.64. The first-order chi connectivity index (χ1) is 6.52. The van der Waals surface area contributed by atoms with E-state index < -0.39 is 10.8 Å². The van der Waals surface area contributed by atoms with Crippen LogP contribution in [0.3, 0.4) is 0 Å². The summed E-state index contributed by atoms with van der Waals surface area (Å²) in [6, 6.07) is 0. The monoisotopic (exact) mass is 208 g/mol. The van der Waals surface area contributed by atoms with E-state index in [0.29, 0.717) is 0 Å². The minimum atomic E-state index is -0.656. The van der Waals surface area contributed by atoms with Crippen molar-refractivity contribution >= 4 is 10.8 Å². The van der Waals surface area contributed by atoms with E-state index in [0.717, 1.165) is 11.5 Å². The van der Waals surface area contributed by atoms with Crippen LogP contribution < -0.4 is 0 Å². The summed E-state index contributed by atoms with van der Waals surface area (Å²) in [5, 5.41) is 0. The van der Waals surface area contributed by atoms with E-state index in [4.69, 9.17) is 0 Å². The van der Waals surface area contributed by atoms with Gasteiger partial charge in [-0.3, -0.25) is 4.21 Å². The van der Waals surface area contributed by atoms with Gasteiger partial charge in [0.15, 0.2) is 0 Å². The zero-order valence-electron chi connectivity index (χ0n) is 9.23. The molecule has 1 aromatic rings. The molecule has 0 saturated heterocycles. The Labute approximate surface area is 88.0 Å². The Balaban J connectivity index is 2.76. The predicted octanol–water partition coefficient (Wildman–Crippen LogP) is 2.68. The van der Waals surface area contributed by atoms with Gasteiger partial charge >= 0.3 is 0 Å². The average Bonchev–Trinajstić information content (AvgIpc) is 2.54. The van der Waals surface area contributed by atoms with E-state index in [1.807, 2.05) is 0 Å². The summed E-state index contributed by atoms with van der Waals surface area (Å²) >= 11 is 0. The minimum absolute atomic E-state index is 0.656. The summed E-state index contributed by atoms with van der Waals surface area (Å²) in [7, 11) is -0.656. The van der Waals surface area contributed by atoms with Crippen molar-refractivity contribution in [1.82, 2.24) is 0 Å². The molecule has 0 aromatic heterocycles. The number of hydrogen-bond donors (Lipinski definition) is 0. The van der Waals surface area contributed by atoms with E-state index in [1.165, 1.54) is 33.4 Å². The second-order valence-corrected chi connectivity index (χ2v) is 5.64. The molecular formula is C12H16OS. The maximum atomic E-state index is 11.5. The van der Waals surface area contributed by atoms with Crippen molar-refractivity contribution < 1.29 is 4.21 Å². The summed E-state index contributed by atoms with van der Waals surface area (Å²) in [6.07, 6.45) is 0. The number of benzene rings is 1. The third kappa shape index (κ3) is 1.24. The van der Waals surface area contributed by atoms with Gasteiger partial charge in [0.2, 0.25) is 0 Å². The Morgan fingerprint density at radius 1 is 0.786 bits per heavy atom. The molecule has 1 aliphatic rings. The molecule has 0 spiro atoms. The fraction of sp³-hybridized carbons (Fsp3) is 0.500. The first-order valence-corrected chi connectivity index (χ1v) is 6.44. The van der Waals surface area contributed by atoms with Gasteiger partial charge in [-0.05, 0) is 61.1 Å². The van der Waals surface area contributed by atoms with Crippen molar-refractivity contribution in [3.8, 4) is 0 Å². The van der Waals surface area contributed by atoms with Crippen LogP contribution in [0, 0.1) is 27.7 Å². The molecule has 2 heteroatoms.